The number of halogens is 1. The Kier molecular flexibility index (Phi) is 2.14. The van der Waals surface area contributed by atoms with E-state index in [-0.39, 0.29) is 4.87 Å². The van der Waals surface area contributed by atoms with E-state index in [4.69, 9.17) is 11.6 Å². The van der Waals surface area contributed by atoms with Crippen LogP contribution in [0.25, 0.3) is 0 Å². The van der Waals surface area contributed by atoms with Gasteiger partial charge in [-0.2, -0.15) is 0 Å². The summed E-state index contributed by atoms with van der Waals surface area (Å²) in [4.78, 5) is -0.276. The molecule has 0 saturated carbocycles. The van der Waals surface area contributed by atoms with Crippen molar-refractivity contribution in [1.29, 1.82) is 0 Å². The quantitative estimate of drug-likeness (QED) is 0.365. The Labute approximate surface area is 49.5 Å². The molecule has 1 heteroatoms. The molecule has 0 N–H and O–H groups in total. The maximum Gasteiger partial charge on any atom is 0.0642 e. The highest BCUT2D eigenvalue weighted by molar-refractivity contribution is 6.24. The van der Waals surface area contributed by atoms with Crippen LogP contribution in [0.1, 0.15) is 13.8 Å². The summed E-state index contributed by atoms with van der Waals surface area (Å²) in [5.74, 6) is 0. The summed E-state index contributed by atoms with van der Waals surface area (Å²) in [6, 6.07) is 0. The standard InChI is InChI=1S/C6H9Cl/c1-4-5-6(2,3)7/h5H,1H2,2-3H3. The Balaban J connectivity index is 3.80. The SMILES string of the molecule is C=C=CC(C)(C)Cl. The lowest BCUT2D eigenvalue weighted by atomic mass is 10.2. The second kappa shape index (κ2) is 2.20. The smallest absolute Gasteiger partial charge is 0.0642 e. The van der Waals surface area contributed by atoms with Gasteiger partial charge in [-0.1, -0.05) is 6.58 Å². The zero-order valence-corrected chi connectivity index (χ0v) is 5.42. The highest BCUT2D eigenvalue weighted by Crippen LogP contribution is 2.12. The number of hydrogen-bond donors (Lipinski definition) is 0. The van der Waals surface area contributed by atoms with Crippen LogP contribution in [-0.2, 0) is 0 Å². The Morgan fingerprint density at radius 2 is 2.14 bits per heavy atom. The lowest BCUT2D eigenvalue weighted by Crippen LogP contribution is -2.02. The number of hydrogen-bond acceptors (Lipinski definition) is 0. The fourth-order valence-electron chi connectivity index (χ4n) is 0.243. The van der Waals surface area contributed by atoms with Crippen molar-refractivity contribution in [2.45, 2.75) is 18.7 Å². The average molecular weight is 117 g/mol. The molecule has 0 amide bonds. The van der Waals surface area contributed by atoms with E-state index in [2.05, 4.69) is 12.3 Å². The molecule has 40 valence electrons. The first-order valence-electron chi connectivity index (χ1n) is 2.12. The van der Waals surface area contributed by atoms with Gasteiger partial charge in [0.05, 0.1) is 4.87 Å². The minimum absolute atomic E-state index is 0.276. The predicted octanol–water partition coefficient (Wildman–Crippen LogP) is 2.34. The van der Waals surface area contributed by atoms with Gasteiger partial charge in [-0.05, 0) is 19.9 Å². The summed E-state index contributed by atoms with van der Waals surface area (Å²) in [6.07, 6.45) is 1.72. The van der Waals surface area contributed by atoms with Gasteiger partial charge in [0, 0.05) is 0 Å². The number of rotatable bonds is 1. The highest BCUT2D eigenvalue weighted by Gasteiger charge is 2.04. The van der Waals surface area contributed by atoms with Crippen LogP contribution >= 0.6 is 11.6 Å². The third kappa shape index (κ3) is 5.81. The molecule has 0 aromatic heterocycles. The first kappa shape index (κ1) is 6.81. The van der Waals surface area contributed by atoms with Gasteiger partial charge in [0.1, 0.15) is 0 Å². The summed E-state index contributed by atoms with van der Waals surface area (Å²) in [6.45, 7) is 7.14. The summed E-state index contributed by atoms with van der Waals surface area (Å²) >= 11 is 5.68. The molecular formula is C6H9Cl. The molecule has 0 heterocycles. The maximum atomic E-state index is 5.68. The Bertz CT molecular complexity index is 91.2. The Hall–Kier alpha value is -0.190. The van der Waals surface area contributed by atoms with Crippen molar-refractivity contribution in [1.82, 2.24) is 0 Å². The molecule has 0 aromatic carbocycles. The van der Waals surface area contributed by atoms with Gasteiger partial charge >= 0.3 is 0 Å². The fourth-order valence-corrected chi connectivity index (χ4v) is 0.320. The van der Waals surface area contributed by atoms with E-state index in [9.17, 15) is 0 Å². The van der Waals surface area contributed by atoms with E-state index < -0.39 is 0 Å². The average Bonchev–Trinajstić information content (AvgIpc) is 1.30. The molecule has 0 aliphatic heterocycles. The maximum absolute atomic E-state index is 5.68. The Morgan fingerprint density at radius 1 is 1.71 bits per heavy atom. The van der Waals surface area contributed by atoms with E-state index in [0.29, 0.717) is 0 Å². The zero-order chi connectivity index (χ0) is 5.91. The molecule has 0 spiro atoms. The van der Waals surface area contributed by atoms with Crippen LogP contribution in [-0.4, -0.2) is 4.87 Å². The Morgan fingerprint density at radius 3 is 2.14 bits per heavy atom. The lowest BCUT2D eigenvalue weighted by Gasteiger charge is -2.04. The molecular weight excluding hydrogens is 108 g/mol. The third-order valence-electron chi connectivity index (χ3n) is 0.445. The molecule has 0 rings (SSSR count). The lowest BCUT2D eigenvalue weighted by molar-refractivity contribution is 0.884. The summed E-state index contributed by atoms with van der Waals surface area (Å²) in [7, 11) is 0. The van der Waals surface area contributed by atoms with Gasteiger partial charge < -0.3 is 0 Å². The topological polar surface area (TPSA) is 0 Å². The number of allylic oxidation sites excluding steroid dienone is 1. The van der Waals surface area contributed by atoms with Gasteiger partial charge in [-0.3, -0.25) is 0 Å². The molecule has 0 radical (unpaired) electrons. The van der Waals surface area contributed by atoms with Crippen molar-refractivity contribution in [2.75, 3.05) is 0 Å². The highest BCUT2D eigenvalue weighted by atomic mass is 35.5. The van der Waals surface area contributed by atoms with Crippen molar-refractivity contribution >= 4 is 11.6 Å². The van der Waals surface area contributed by atoms with Crippen LogP contribution in [0.2, 0.25) is 0 Å². The molecule has 7 heavy (non-hydrogen) atoms. The van der Waals surface area contributed by atoms with Crippen molar-refractivity contribution in [3.8, 4) is 0 Å². The van der Waals surface area contributed by atoms with E-state index >= 15 is 0 Å². The first-order valence-corrected chi connectivity index (χ1v) is 2.50. The molecule has 0 aliphatic carbocycles. The van der Waals surface area contributed by atoms with E-state index in [1.807, 2.05) is 13.8 Å². The van der Waals surface area contributed by atoms with Gasteiger partial charge in [0.2, 0.25) is 0 Å². The summed E-state index contributed by atoms with van der Waals surface area (Å²) in [5.41, 5.74) is 2.60. The van der Waals surface area contributed by atoms with Crippen molar-refractivity contribution in [3.05, 3.63) is 18.4 Å². The molecule has 0 unspecified atom stereocenters. The minimum Gasteiger partial charge on any atom is -0.131 e. The zero-order valence-electron chi connectivity index (χ0n) is 4.66. The van der Waals surface area contributed by atoms with Crippen molar-refractivity contribution in [3.63, 3.8) is 0 Å². The summed E-state index contributed by atoms with van der Waals surface area (Å²) < 4.78 is 0. The van der Waals surface area contributed by atoms with Gasteiger partial charge in [-0.25, -0.2) is 0 Å². The molecule has 0 bridgehead atoms. The van der Waals surface area contributed by atoms with Gasteiger partial charge in [0.15, 0.2) is 0 Å². The minimum atomic E-state index is -0.276. The molecule has 0 aromatic rings. The second-order valence-electron chi connectivity index (χ2n) is 1.91. The van der Waals surface area contributed by atoms with E-state index in [1.54, 1.807) is 6.08 Å². The van der Waals surface area contributed by atoms with Crippen LogP contribution in [0, 0.1) is 0 Å². The molecule has 0 fully saturated rings. The number of alkyl halides is 1. The fraction of sp³-hybridized carbons (Fsp3) is 0.500. The van der Waals surface area contributed by atoms with E-state index in [1.165, 1.54) is 0 Å². The second-order valence-corrected chi connectivity index (χ2v) is 2.89. The van der Waals surface area contributed by atoms with Crippen molar-refractivity contribution in [2.24, 2.45) is 0 Å². The largest absolute Gasteiger partial charge is 0.131 e. The third-order valence-corrected chi connectivity index (χ3v) is 0.554. The van der Waals surface area contributed by atoms with Gasteiger partial charge in [0.25, 0.3) is 0 Å². The van der Waals surface area contributed by atoms with Crippen molar-refractivity contribution < 1.29 is 0 Å². The molecule has 0 saturated heterocycles. The normalized spacial score (nSPS) is 10.1. The monoisotopic (exact) mass is 116 g/mol. The van der Waals surface area contributed by atoms with E-state index in [0.717, 1.165) is 0 Å². The van der Waals surface area contributed by atoms with Gasteiger partial charge in [-0.15, -0.1) is 17.3 Å². The first-order chi connectivity index (χ1) is 3.06. The van der Waals surface area contributed by atoms with Crippen LogP contribution < -0.4 is 0 Å². The predicted molar refractivity (Wildman–Crippen MR) is 33.6 cm³/mol. The van der Waals surface area contributed by atoms with Crippen LogP contribution in [0.15, 0.2) is 18.4 Å². The van der Waals surface area contributed by atoms with Crippen LogP contribution in [0.5, 0.6) is 0 Å². The molecule has 0 aliphatic rings. The molecule has 0 atom stereocenters. The van der Waals surface area contributed by atoms with Crippen LogP contribution in [0.4, 0.5) is 0 Å². The van der Waals surface area contributed by atoms with Crippen LogP contribution in [0.3, 0.4) is 0 Å². The molecule has 0 nitrogen and oxygen atoms in total. The summed E-state index contributed by atoms with van der Waals surface area (Å²) in [5, 5.41) is 0.